The Morgan fingerprint density at radius 3 is 3.14 bits per heavy atom. The van der Waals surface area contributed by atoms with Crippen molar-refractivity contribution in [1.29, 1.82) is 0 Å². The van der Waals surface area contributed by atoms with E-state index in [2.05, 4.69) is 15.4 Å². The van der Waals surface area contributed by atoms with Gasteiger partial charge >= 0.3 is 0 Å². The van der Waals surface area contributed by atoms with Crippen molar-refractivity contribution in [3.05, 3.63) is 41.2 Å². The second-order valence-electron chi connectivity index (χ2n) is 4.89. The third-order valence-corrected chi connectivity index (χ3v) is 4.12. The van der Waals surface area contributed by atoms with Gasteiger partial charge in [0.25, 0.3) is 5.91 Å². The van der Waals surface area contributed by atoms with E-state index in [1.807, 2.05) is 13.1 Å². The minimum Gasteiger partial charge on any atom is -0.454 e. The lowest BCUT2D eigenvalue weighted by atomic mass is 10.1. The zero-order valence-corrected chi connectivity index (χ0v) is 12.5. The zero-order valence-electron chi connectivity index (χ0n) is 11.6. The van der Waals surface area contributed by atoms with Crippen molar-refractivity contribution in [3.63, 3.8) is 0 Å². The number of imidazole rings is 1. The Kier molecular flexibility index (Phi) is 2.97. The maximum atomic E-state index is 12.3. The van der Waals surface area contributed by atoms with Gasteiger partial charge in [-0.15, -0.1) is 0 Å². The Hall–Kier alpha value is -2.61. The molecule has 2 aromatic heterocycles. The standard InChI is InChI=1S/C14H12N4O3S/c1-8(10-5-18-14(17-10)22-6-15-18)16-13(19)9-2-3-11-12(4-9)21-7-20-11/h2-6,8H,7H2,1H3,(H,16,19)/t8-/m0/s1. The molecule has 1 atom stereocenters. The average Bonchev–Trinajstić information content (AvgIpc) is 3.21. The second kappa shape index (κ2) is 4.99. The van der Waals surface area contributed by atoms with Crippen LogP contribution in [0, 0.1) is 0 Å². The number of hydrogen-bond donors (Lipinski definition) is 1. The van der Waals surface area contributed by atoms with Gasteiger partial charge in [0.2, 0.25) is 11.8 Å². The number of fused-ring (bicyclic) bond motifs is 2. The summed E-state index contributed by atoms with van der Waals surface area (Å²) in [6.07, 6.45) is 1.82. The van der Waals surface area contributed by atoms with E-state index in [0.29, 0.717) is 17.1 Å². The summed E-state index contributed by atoms with van der Waals surface area (Å²) in [4.78, 5) is 17.6. The van der Waals surface area contributed by atoms with Gasteiger partial charge in [0.1, 0.15) is 5.51 Å². The van der Waals surface area contributed by atoms with Crippen LogP contribution in [0.2, 0.25) is 0 Å². The van der Waals surface area contributed by atoms with Crippen LogP contribution >= 0.6 is 11.3 Å². The molecule has 1 aliphatic rings. The molecular weight excluding hydrogens is 304 g/mol. The van der Waals surface area contributed by atoms with Gasteiger partial charge in [0.05, 0.1) is 17.9 Å². The molecule has 0 radical (unpaired) electrons. The van der Waals surface area contributed by atoms with Crippen molar-refractivity contribution in [2.24, 2.45) is 0 Å². The molecule has 0 aliphatic carbocycles. The van der Waals surface area contributed by atoms with E-state index in [9.17, 15) is 4.79 Å². The predicted molar refractivity (Wildman–Crippen MR) is 79.3 cm³/mol. The molecule has 4 rings (SSSR count). The largest absolute Gasteiger partial charge is 0.454 e. The summed E-state index contributed by atoms with van der Waals surface area (Å²) < 4.78 is 12.2. The summed E-state index contributed by atoms with van der Waals surface area (Å²) in [7, 11) is 0. The van der Waals surface area contributed by atoms with E-state index in [0.717, 1.165) is 10.7 Å². The molecule has 3 aromatic rings. The molecule has 0 fully saturated rings. The van der Waals surface area contributed by atoms with Crippen LogP contribution in [0.25, 0.3) is 4.96 Å². The number of hydrogen-bond acceptors (Lipinski definition) is 6. The van der Waals surface area contributed by atoms with E-state index in [-0.39, 0.29) is 18.7 Å². The molecular formula is C14H12N4O3S. The molecule has 112 valence electrons. The number of aromatic nitrogens is 3. The van der Waals surface area contributed by atoms with E-state index < -0.39 is 0 Å². The van der Waals surface area contributed by atoms with Gasteiger partial charge in [-0.25, -0.2) is 9.50 Å². The van der Waals surface area contributed by atoms with E-state index in [4.69, 9.17) is 9.47 Å². The number of ether oxygens (including phenoxy) is 2. The summed E-state index contributed by atoms with van der Waals surface area (Å²) in [6, 6.07) is 4.91. The maximum absolute atomic E-state index is 12.3. The van der Waals surface area contributed by atoms with Crippen molar-refractivity contribution >= 4 is 22.2 Å². The minimum atomic E-state index is -0.216. The highest BCUT2D eigenvalue weighted by molar-refractivity contribution is 7.14. The molecule has 3 heterocycles. The van der Waals surface area contributed by atoms with Gasteiger partial charge < -0.3 is 14.8 Å². The van der Waals surface area contributed by atoms with Gasteiger partial charge in [-0.05, 0) is 25.1 Å². The second-order valence-corrected chi connectivity index (χ2v) is 5.71. The van der Waals surface area contributed by atoms with Crippen molar-refractivity contribution < 1.29 is 14.3 Å². The molecule has 22 heavy (non-hydrogen) atoms. The number of carbonyl (C=O) groups excluding carboxylic acids is 1. The average molecular weight is 316 g/mol. The van der Waals surface area contributed by atoms with Gasteiger partial charge in [-0.3, -0.25) is 4.79 Å². The molecule has 1 N–H and O–H groups in total. The third-order valence-electron chi connectivity index (χ3n) is 3.43. The normalized spacial score (nSPS) is 14.2. The van der Waals surface area contributed by atoms with Crippen molar-refractivity contribution in [1.82, 2.24) is 19.9 Å². The first-order chi connectivity index (χ1) is 10.7. The quantitative estimate of drug-likeness (QED) is 0.800. The number of amides is 1. The molecule has 1 amide bonds. The van der Waals surface area contributed by atoms with Crippen LogP contribution in [0.15, 0.2) is 29.9 Å². The number of nitrogens with one attached hydrogen (secondary N) is 1. The van der Waals surface area contributed by atoms with Crippen LogP contribution in [0.3, 0.4) is 0 Å². The third kappa shape index (κ3) is 2.17. The SMILES string of the molecule is C[C@H](NC(=O)c1ccc2c(c1)OCO2)c1cn2ncsc2n1. The van der Waals surface area contributed by atoms with Crippen molar-refractivity contribution in [2.75, 3.05) is 6.79 Å². The first-order valence-electron chi connectivity index (χ1n) is 6.70. The lowest BCUT2D eigenvalue weighted by Gasteiger charge is -2.11. The molecule has 1 aromatic carbocycles. The summed E-state index contributed by atoms with van der Waals surface area (Å²) in [5.41, 5.74) is 3.02. The number of nitrogens with zero attached hydrogens (tertiary/aromatic N) is 3. The van der Waals surface area contributed by atoms with Crippen LogP contribution in [0.4, 0.5) is 0 Å². The molecule has 0 saturated carbocycles. The lowest BCUT2D eigenvalue weighted by molar-refractivity contribution is 0.0938. The molecule has 1 aliphatic heterocycles. The van der Waals surface area contributed by atoms with Gasteiger partial charge in [-0.2, -0.15) is 5.10 Å². The van der Waals surface area contributed by atoms with Crippen LogP contribution < -0.4 is 14.8 Å². The molecule has 0 unspecified atom stereocenters. The molecule has 8 heteroatoms. The van der Waals surface area contributed by atoms with Crippen LogP contribution in [-0.4, -0.2) is 27.3 Å². The Labute approximate surface area is 129 Å². The fourth-order valence-corrected chi connectivity index (χ4v) is 2.86. The zero-order chi connectivity index (χ0) is 15.1. The Balaban J connectivity index is 1.52. The Morgan fingerprint density at radius 2 is 2.27 bits per heavy atom. The first kappa shape index (κ1) is 13.1. The number of benzene rings is 1. The summed E-state index contributed by atoms with van der Waals surface area (Å²) in [5, 5.41) is 7.05. The fraction of sp³-hybridized carbons (Fsp3) is 0.214. The number of carbonyl (C=O) groups is 1. The summed E-state index contributed by atoms with van der Waals surface area (Å²) >= 11 is 1.45. The van der Waals surface area contributed by atoms with E-state index in [1.165, 1.54) is 11.3 Å². The van der Waals surface area contributed by atoms with Gasteiger partial charge in [0, 0.05) is 5.56 Å². The smallest absolute Gasteiger partial charge is 0.251 e. The van der Waals surface area contributed by atoms with E-state index >= 15 is 0 Å². The molecule has 0 spiro atoms. The predicted octanol–water partition coefficient (Wildman–Crippen LogP) is 2.01. The van der Waals surface area contributed by atoms with Crippen molar-refractivity contribution in [2.45, 2.75) is 13.0 Å². The molecule has 0 saturated heterocycles. The monoisotopic (exact) mass is 316 g/mol. The summed E-state index contributed by atoms with van der Waals surface area (Å²) in [5.74, 6) is 1.06. The highest BCUT2D eigenvalue weighted by atomic mass is 32.1. The van der Waals surface area contributed by atoms with Crippen molar-refractivity contribution in [3.8, 4) is 11.5 Å². The highest BCUT2D eigenvalue weighted by Crippen LogP contribution is 2.32. The lowest BCUT2D eigenvalue weighted by Crippen LogP contribution is -2.26. The maximum Gasteiger partial charge on any atom is 0.251 e. The van der Waals surface area contributed by atoms with Crippen LogP contribution in [-0.2, 0) is 0 Å². The van der Waals surface area contributed by atoms with E-state index in [1.54, 1.807) is 28.2 Å². The molecule has 7 nitrogen and oxygen atoms in total. The van der Waals surface area contributed by atoms with Gasteiger partial charge in [-0.1, -0.05) is 11.3 Å². The summed E-state index contributed by atoms with van der Waals surface area (Å²) in [6.45, 7) is 2.08. The minimum absolute atomic E-state index is 0.185. The highest BCUT2D eigenvalue weighted by Gasteiger charge is 2.19. The Morgan fingerprint density at radius 1 is 1.41 bits per heavy atom. The topological polar surface area (TPSA) is 77.8 Å². The first-order valence-corrected chi connectivity index (χ1v) is 7.58. The van der Waals surface area contributed by atoms with Crippen LogP contribution in [0.1, 0.15) is 29.0 Å². The van der Waals surface area contributed by atoms with Gasteiger partial charge in [0.15, 0.2) is 11.5 Å². The number of rotatable bonds is 3. The fourth-order valence-electron chi connectivity index (χ4n) is 2.26. The molecule has 0 bridgehead atoms. The Bertz CT molecular complexity index is 828. The van der Waals surface area contributed by atoms with Crippen LogP contribution in [0.5, 0.6) is 11.5 Å².